The number of aliphatic hydroxyl groups is 1. The van der Waals surface area contributed by atoms with E-state index in [0.29, 0.717) is 10.6 Å². The van der Waals surface area contributed by atoms with Crippen LogP contribution in [-0.4, -0.2) is 21.5 Å². The molecular formula is C13H12ClF3N2O. The minimum atomic E-state index is -4.53. The summed E-state index contributed by atoms with van der Waals surface area (Å²) in [6, 6.07) is 6.89. The van der Waals surface area contributed by atoms with Gasteiger partial charge in [0.1, 0.15) is 0 Å². The lowest BCUT2D eigenvalue weighted by Crippen LogP contribution is -2.11. The molecule has 0 bridgehead atoms. The van der Waals surface area contributed by atoms with Crippen molar-refractivity contribution < 1.29 is 18.3 Å². The van der Waals surface area contributed by atoms with Crippen molar-refractivity contribution in [3.05, 3.63) is 52.3 Å². The van der Waals surface area contributed by atoms with Crippen LogP contribution < -0.4 is 0 Å². The van der Waals surface area contributed by atoms with Gasteiger partial charge in [0.2, 0.25) is 0 Å². The Labute approximate surface area is 118 Å². The van der Waals surface area contributed by atoms with Crippen molar-refractivity contribution in [2.45, 2.75) is 19.1 Å². The Morgan fingerprint density at radius 2 is 1.90 bits per heavy atom. The Hall–Kier alpha value is -1.53. The van der Waals surface area contributed by atoms with Crippen molar-refractivity contribution in [3.63, 3.8) is 0 Å². The van der Waals surface area contributed by atoms with E-state index in [1.165, 1.54) is 10.9 Å². The number of alkyl halides is 3. The van der Waals surface area contributed by atoms with Crippen molar-refractivity contribution in [2.24, 2.45) is 0 Å². The molecule has 20 heavy (non-hydrogen) atoms. The summed E-state index contributed by atoms with van der Waals surface area (Å²) in [5, 5.41) is 12.9. The van der Waals surface area contributed by atoms with Crippen molar-refractivity contribution in [1.82, 2.24) is 9.78 Å². The van der Waals surface area contributed by atoms with E-state index < -0.39 is 11.9 Å². The highest BCUT2D eigenvalue weighted by Crippen LogP contribution is 2.31. The Kier molecular flexibility index (Phi) is 4.35. The van der Waals surface area contributed by atoms with Gasteiger partial charge in [0.15, 0.2) is 5.69 Å². The molecule has 0 amide bonds. The highest BCUT2D eigenvalue weighted by molar-refractivity contribution is 6.31. The fourth-order valence-electron chi connectivity index (χ4n) is 1.89. The van der Waals surface area contributed by atoms with Crippen LogP contribution in [0.15, 0.2) is 30.5 Å². The van der Waals surface area contributed by atoms with E-state index in [1.807, 2.05) is 0 Å². The Morgan fingerprint density at radius 3 is 2.50 bits per heavy atom. The van der Waals surface area contributed by atoms with Gasteiger partial charge in [-0.2, -0.15) is 18.3 Å². The molecule has 0 atom stereocenters. The molecule has 0 aliphatic carbocycles. The maximum atomic E-state index is 12.8. The second kappa shape index (κ2) is 5.85. The highest BCUT2D eigenvalue weighted by atomic mass is 35.5. The Morgan fingerprint density at radius 1 is 1.20 bits per heavy atom. The maximum absolute atomic E-state index is 12.8. The van der Waals surface area contributed by atoms with Gasteiger partial charge in [-0.3, -0.25) is 4.68 Å². The number of rotatable bonds is 4. The normalized spacial score (nSPS) is 11.8. The van der Waals surface area contributed by atoms with Gasteiger partial charge in [-0.15, -0.1) is 0 Å². The topological polar surface area (TPSA) is 38.0 Å². The summed E-state index contributed by atoms with van der Waals surface area (Å²) < 4.78 is 39.6. The van der Waals surface area contributed by atoms with Crippen LogP contribution >= 0.6 is 11.6 Å². The molecule has 3 nitrogen and oxygen atoms in total. The summed E-state index contributed by atoms with van der Waals surface area (Å²) in [5.74, 6) is 0. The van der Waals surface area contributed by atoms with E-state index in [-0.39, 0.29) is 25.1 Å². The van der Waals surface area contributed by atoms with E-state index in [2.05, 4.69) is 5.10 Å². The van der Waals surface area contributed by atoms with Crippen LogP contribution in [0, 0.1) is 0 Å². The van der Waals surface area contributed by atoms with Gasteiger partial charge < -0.3 is 5.11 Å². The number of hydrogen-bond donors (Lipinski definition) is 1. The van der Waals surface area contributed by atoms with Gasteiger partial charge in [0.25, 0.3) is 0 Å². The molecule has 0 saturated carbocycles. The van der Waals surface area contributed by atoms with E-state index in [9.17, 15) is 13.2 Å². The molecule has 108 valence electrons. The lowest BCUT2D eigenvalue weighted by molar-refractivity contribution is -0.142. The fourth-order valence-corrected chi connectivity index (χ4v) is 2.08. The van der Waals surface area contributed by atoms with E-state index in [0.717, 1.165) is 0 Å². The lowest BCUT2D eigenvalue weighted by Gasteiger charge is -2.05. The van der Waals surface area contributed by atoms with E-state index in [4.69, 9.17) is 16.7 Å². The average molecular weight is 305 g/mol. The van der Waals surface area contributed by atoms with Crippen molar-refractivity contribution in [1.29, 1.82) is 0 Å². The SMILES string of the molecule is OCCc1cn(Cc2ccccc2Cl)nc1C(F)(F)F. The van der Waals surface area contributed by atoms with Crippen molar-refractivity contribution in [3.8, 4) is 0 Å². The van der Waals surface area contributed by atoms with Crippen molar-refractivity contribution >= 4 is 11.6 Å². The van der Waals surface area contributed by atoms with Crippen LogP contribution in [0.4, 0.5) is 13.2 Å². The van der Waals surface area contributed by atoms with Gasteiger partial charge >= 0.3 is 6.18 Å². The van der Waals surface area contributed by atoms with E-state index >= 15 is 0 Å². The summed E-state index contributed by atoms with van der Waals surface area (Å²) >= 11 is 5.97. The van der Waals surface area contributed by atoms with Gasteiger partial charge in [0, 0.05) is 23.4 Å². The zero-order valence-electron chi connectivity index (χ0n) is 10.4. The third-order valence-corrected chi connectivity index (χ3v) is 3.15. The first-order valence-electron chi connectivity index (χ1n) is 5.89. The molecule has 7 heteroatoms. The molecule has 2 rings (SSSR count). The molecule has 0 fully saturated rings. The maximum Gasteiger partial charge on any atom is 0.435 e. The molecule has 0 aliphatic rings. The zero-order chi connectivity index (χ0) is 14.8. The molecule has 1 N–H and O–H groups in total. The average Bonchev–Trinajstić information content (AvgIpc) is 2.76. The summed E-state index contributed by atoms with van der Waals surface area (Å²) in [6.45, 7) is -0.213. The van der Waals surface area contributed by atoms with Gasteiger partial charge in [0.05, 0.1) is 6.54 Å². The standard InChI is InChI=1S/C13H12ClF3N2O/c14-11-4-2-1-3-9(11)7-19-8-10(5-6-20)12(18-19)13(15,16)17/h1-4,8,20H,5-7H2. The lowest BCUT2D eigenvalue weighted by atomic mass is 10.2. The number of nitrogens with zero attached hydrogens (tertiary/aromatic N) is 2. The number of hydrogen-bond acceptors (Lipinski definition) is 2. The highest BCUT2D eigenvalue weighted by Gasteiger charge is 2.36. The summed E-state index contributed by atoms with van der Waals surface area (Å²) in [4.78, 5) is 0. The Balaban J connectivity index is 2.32. The molecule has 0 spiro atoms. The fraction of sp³-hybridized carbons (Fsp3) is 0.308. The largest absolute Gasteiger partial charge is 0.435 e. The van der Waals surface area contributed by atoms with Gasteiger partial charge in [-0.05, 0) is 18.1 Å². The molecule has 0 unspecified atom stereocenters. The monoisotopic (exact) mass is 304 g/mol. The predicted octanol–water partition coefficient (Wildman–Crippen LogP) is 3.14. The number of halogens is 4. The van der Waals surface area contributed by atoms with Crippen LogP contribution in [0.2, 0.25) is 5.02 Å². The number of aliphatic hydroxyl groups excluding tert-OH is 1. The smallest absolute Gasteiger partial charge is 0.396 e. The summed E-state index contributed by atoms with van der Waals surface area (Å²) in [7, 11) is 0. The minimum Gasteiger partial charge on any atom is -0.396 e. The quantitative estimate of drug-likeness (QED) is 0.942. The number of aromatic nitrogens is 2. The molecular weight excluding hydrogens is 293 g/mol. The molecule has 1 aromatic heterocycles. The van der Waals surface area contributed by atoms with Crippen LogP contribution in [0.3, 0.4) is 0 Å². The summed E-state index contributed by atoms with van der Waals surface area (Å²) in [5.41, 5.74) is -0.299. The first-order chi connectivity index (χ1) is 9.41. The molecule has 1 heterocycles. The molecule has 2 aromatic rings. The first-order valence-corrected chi connectivity index (χ1v) is 6.27. The van der Waals surface area contributed by atoms with Crippen molar-refractivity contribution in [2.75, 3.05) is 6.61 Å². The third kappa shape index (κ3) is 3.32. The first kappa shape index (κ1) is 14.9. The summed E-state index contributed by atoms with van der Waals surface area (Å²) in [6.07, 6.45) is -3.32. The predicted molar refractivity (Wildman–Crippen MR) is 68.6 cm³/mol. The van der Waals surface area contributed by atoms with Gasteiger partial charge in [-0.1, -0.05) is 29.8 Å². The third-order valence-electron chi connectivity index (χ3n) is 2.78. The number of benzene rings is 1. The van der Waals surface area contributed by atoms with Crippen LogP contribution in [0.1, 0.15) is 16.8 Å². The van der Waals surface area contributed by atoms with Gasteiger partial charge in [-0.25, -0.2) is 0 Å². The van der Waals surface area contributed by atoms with Crippen LogP contribution in [0.5, 0.6) is 0 Å². The second-order valence-corrected chi connectivity index (χ2v) is 4.67. The van der Waals surface area contributed by atoms with Crippen LogP contribution in [-0.2, 0) is 19.1 Å². The zero-order valence-corrected chi connectivity index (χ0v) is 11.1. The molecule has 0 radical (unpaired) electrons. The molecule has 0 aliphatic heterocycles. The minimum absolute atomic E-state index is 0.0212. The Bertz CT molecular complexity index is 596. The second-order valence-electron chi connectivity index (χ2n) is 4.26. The van der Waals surface area contributed by atoms with Crippen LogP contribution in [0.25, 0.3) is 0 Å². The molecule has 1 aromatic carbocycles. The molecule has 0 saturated heterocycles. The van der Waals surface area contributed by atoms with E-state index in [1.54, 1.807) is 24.3 Å².